The van der Waals surface area contributed by atoms with Gasteiger partial charge in [0, 0.05) is 35.7 Å². The van der Waals surface area contributed by atoms with Crippen LogP contribution in [0.3, 0.4) is 0 Å². The van der Waals surface area contributed by atoms with E-state index in [1.807, 2.05) is 152 Å². The smallest absolute Gasteiger partial charge is 1.00 e. The maximum absolute atomic E-state index is 12.0. The van der Waals surface area contributed by atoms with Crippen LogP contribution in [0.4, 0.5) is 0 Å². The summed E-state index contributed by atoms with van der Waals surface area (Å²) in [6.07, 6.45) is 0. The van der Waals surface area contributed by atoms with Gasteiger partial charge in [-0.2, -0.15) is 36.4 Å². The van der Waals surface area contributed by atoms with Gasteiger partial charge in [-0.1, -0.05) is 230 Å². The van der Waals surface area contributed by atoms with E-state index >= 15 is 0 Å². The molecule has 0 radical (unpaired) electrons. The number of halogens is 4. The first-order valence-electron chi connectivity index (χ1n) is 24.6. The van der Waals surface area contributed by atoms with Gasteiger partial charge >= 0.3 is 23.1 Å². The molecule has 14 rings (SSSR count). The quantitative estimate of drug-likeness (QED) is 0.122. The molecule has 3 aliphatic carbocycles. The fraction of sp³-hybridized carbons (Fsp3) is 0.0290. The zero-order chi connectivity index (χ0) is 52.7. The van der Waals surface area contributed by atoms with Gasteiger partial charge in [-0.25, -0.2) is 0 Å². The van der Waals surface area contributed by atoms with Crippen LogP contribution in [0.2, 0.25) is 0 Å². The maximum Gasteiger partial charge on any atom is 2.00 e. The summed E-state index contributed by atoms with van der Waals surface area (Å²) >= 11 is 10.6. The molecular formula is C69H48Br4MgO4. The molecule has 11 aromatic rings. The minimum atomic E-state index is -1.09. The summed E-state index contributed by atoms with van der Waals surface area (Å²) in [6.45, 7) is 0. The Kier molecular flexibility index (Phi) is 19.1. The molecule has 78 heavy (non-hydrogen) atoms. The first kappa shape index (κ1) is 57.5. The number of carbonyl (C=O) groups excluding carboxylic acids is 1. The molecule has 0 bridgehead atoms. The van der Waals surface area contributed by atoms with Crippen molar-refractivity contribution in [2.24, 2.45) is 0 Å². The van der Waals surface area contributed by atoms with Crippen molar-refractivity contribution in [1.29, 1.82) is 0 Å². The molecule has 0 spiro atoms. The average Bonchev–Trinajstić information content (AvgIpc) is 4.18. The zero-order valence-corrected chi connectivity index (χ0v) is 49.7. The van der Waals surface area contributed by atoms with Crippen LogP contribution in [-0.2, 0) is 11.0 Å². The van der Waals surface area contributed by atoms with Crippen LogP contribution in [0.5, 0.6) is 11.5 Å². The van der Waals surface area contributed by atoms with Crippen molar-refractivity contribution < 1.29 is 37.1 Å². The minimum absolute atomic E-state index is 0. The summed E-state index contributed by atoms with van der Waals surface area (Å²) in [5.41, 5.74) is 14.6. The number of para-hydroxylation sites is 1. The summed E-state index contributed by atoms with van der Waals surface area (Å²) in [7, 11) is 0. The minimum Gasteiger partial charge on any atom is -1.00 e. The van der Waals surface area contributed by atoms with Crippen molar-refractivity contribution in [3.05, 3.63) is 343 Å². The second kappa shape index (κ2) is 25.9. The second-order valence-electron chi connectivity index (χ2n) is 18.2. The second-order valence-corrected chi connectivity index (χ2v) is 20.9. The van der Waals surface area contributed by atoms with Gasteiger partial charge in [0.1, 0.15) is 17.1 Å². The van der Waals surface area contributed by atoms with Crippen LogP contribution in [-0.4, -0.2) is 44.2 Å². The van der Waals surface area contributed by atoms with Gasteiger partial charge in [0.05, 0.1) is 5.41 Å². The summed E-state index contributed by atoms with van der Waals surface area (Å²) in [5, 5.41) is 30.1. The third-order valence-electron chi connectivity index (χ3n) is 13.7. The first-order valence-corrected chi connectivity index (χ1v) is 27.0. The Labute approximate surface area is 507 Å². The standard InChI is InChI=1S/C25H17BrO.C19H13BrO.C13H7BrO.C6H6O.C6H5.BrH.Mg/c26-19-12-15-22-21-8-4-5-9-23(21)25(24(22)16-19,17-6-2-1-3-7-17)18-10-13-20(27)14-11-18;20-14-10-11-16-15-8-4-5-9-17(15)19(21,18(16)12-14)13-6-2-1-3-7-13;14-8-5-6-10-9-3-1-2-4-11(9)13(15)12(10)7-8;7-6-4-2-1-3-5-6;1-2-4-6-5-3-1;;/h1-16,27H;1-12,21H;1-7H;1-5,7H;1-5H;1H;/q;;;;-1;;+2/p-1. The SMILES string of the molecule is O=C1c2ccccc2-c2ccc(Br)cc21.OC1(c2ccccc2)c2ccccc2-c2ccc(Br)cc21.Oc1ccc(C2(c3ccccc3)c3ccccc3-c3ccc(Br)cc32)cc1.Oc1ccccc1.[Br-].[Mg+2].[c-]1ccccc1. The van der Waals surface area contributed by atoms with Gasteiger partial charge in [0.2, 0.25) is 0 Å². The van der Waals surface area contributed by atoms with Crippen molar-refractivity contribution in [2.45, 2.75) is 11.0 Å². The molecule has 3 N–H and O–H groups in total. The van der Waals surface area contributed by atoms with Crippen LogP contribution >= 0.6 is 47.8 Å². The van der Waals surface area contributed by atoms with Crippen molar-refractivity contribution in [2.75, 3.05) is 0 Å². The molecular weight excluding hydrogens is 1240 g/mol. The first-order chi connectivity index (χ1) is 37.1. The molecule has 11 aromatic carbocycles. The summed E-state index contributed by atoms with van der Waals surface area (Å²) in [5.74, 6) is 0.729. The van der Waals surface area contributed by atoms with E-state index in [4.69, 9.17) is 5.11 Å². The Hall–Kier alpha value is -6.66. The maximum atomic E-state index is 12.0. The molecule has 9 heteroatoms. The number of hydrogen-bond donors (Lipinski definition) is 3. The van der Waals surface area contributed by atoms with E-state index in [0.29, 0.717) is 5.75 Å². The molecule has 0 aromatic heterocycles. The van der Waals surface area contributed by atoms with Gasteiger partial charge in [0.15, 0.2) is 5.78 Å². The fourth-order valence-electron chi connectivity index (χ4n) is 10.4. The van der Waals surface area contributed by atoms with Crippen LogP contribution in [0.15, 0.2) is 286 Å². The monoisotopic (exact) mass is 1280 g/mol. The van der Waals surface area contributed by atoms with Gasteiger partial charge in [-0.15, -0.1) is 0 Å². The van der Waals surface area contributed by atoms with Gasteiger partial charge in [-0.3, -0.25) is 4.79 Å². The molecule has 378 valence electrons. The predicted molar refractivity (Wildman–Crippen MR) is 323 cm³/mol. The molecule has 3 aliphatic rings. The zero-order valence-electron chi connectivity index (χ0n) is 41.9. The van der Waals surface area contributed by atoms with Gasteiger partial charge in [0.25, 0.3) is 0 Å². The molecule has 0 aliphatic heterocycles. The van der Waals surface area contributed by atoms with E-state index in [1.165, 1.54) is 27.8 Å². The Morgan fingerprint density at radius 1 is 0.333 bits per heavy atom. The Bertz CT molecular complexity index is 3780. The fourth-order valence-corrected chi connectivity index (χ4v) is 11.5. The Morgan fingerprint density at radius 2 is 0.718 bits per heavy atom. The van der Waals surface area contributed by atoms with E-state index in [2.05, 4.69) is 139 Å². The van der Waals surface area contributed by atoms with Crippen molar-refractivity contribution in [3.8, 4) is 44.9 Å². The molecule has 4 nitrogen and oxygen atoms in total. The van der Waals surface area contributed by atoms with Crippen molar-refractivity contribution in [3.63, 3.8) is 0 Å². The van der Waals surface area contributed by atoms with E-state index in [9.17, 15) is 15.0 Å². The average molecular weight is 1290 g/mol. The Balaban J connectivity index is 0.000000140. The van der Waals surface area contributed by atoms with Crippen molar-refractivity contribution in [1.82, 2.24) is 0 Å². The molecule has 0 fully saturated rings. The normalized spacial score (nSPS) is 14.9. The number of benzene rings is 11. The largest absolute Gasteiger partial charge is 2.00 e. The number of phenolic OH excluding ortho intramolecular Hbond substituents is 2. The Morgan fingerprint density at radius 3 is 1.26 bits per heavy atom. The molecule has 0 amide bonds. The van der Waals surface area contributed by atoms with E-state index in [-0.39, 0.29) is 51.6 Å². The number of hydrogen-bond acceptors (Lipinski definition) is 4. The van der Waals surface area contributed by atoms with Crippen LogP contribution in [0, 0.1) is 6.07 Å². The number of ketones is 1. The van der Waals surface area contributed by atoms with Crippen LogP contribution in [0.25, 0.3) is 33.4 Å². The molecule has 2 atom stereocenters. The number of carbonyl (C=O) groups is 1. The molecule has 2 unspecified atom stereocenters. The third kappa shape index (κ3) is 11.6. The number of aliphatic hydroxyl groups is 1. The molecule has 0 heterocycles. The van der Waals surface area contributed by atoms with Crippen LogP contribution in [0.1, 0.15) is 54.9 Å². The molecule has 0 saturated heterocycles. The molecule has 0 saturated carbocycles. The predicted octanol–water partition coefficient (Wildman–Crippen LogP) is 14.4. The van der Waals surface area contributed by atoms with Gasteiger partial charge < -0.3 is 32.3 Å². The van der Waals surface area contributed by atoms with E-state index in [1.54, 1.807) is 36.4 Å². The summed E-state index contributed by atoms with van der Waals surface area (Å²) in [4.78, 5) is 12.0. The number of rotatable bonds is 3. The third-order valence-corrected chi connectivity index (χ3v) is 15.2. The summed E-state index contributed by atoms with van der Waals surface area (Å²) in [6, 6.07) is 92.3. The van der Waals surface area contributed by atoms with Gasteiger partial charge in [-0.05, 0) is 122 Å². The van der Waals surface area contributed by atoms with E-state index < -0.39 is 11.0 Å². The number of phenols is 2. The topological polar surface area (TPSA) is 77.8 Å². The number of aromatic hydroxyl groups is 2. The van der Waals surface area contributed by atoms with Crippen molar-refractivity contribution >= 4 is 76.6 Å². The summed E-state index contributed by atoms with van der Waals surface area (Å²) < 4.78 is 2.99. The van der Waals surface area contributed by atoms with E-state index in [0.717, 1.165) is 69.1 Å². The van der Waals surface area contributed by atoms with Crippen LogP contribution < -0.4 is 17.0 Å². The number of fused-ring (bicyclic) bond motifs is 9.